The van der Waals surface area contributed by atoms with E-state index in [9.17, 15) is 0 Å². The van der Waals surface area contributed by atoms with Gasteiger partial charge in [-0.3, -0.25) is 0 Å². The molecule has 15 heavy (non-hydrogen) atoms. The summed E-state index contributed by atoms with van der Waals surface area (Å²) in [5.74, 6) is 2.92. The van der Waals surface area contributed by atoms with Gasteiger partial charge in [0.05, 0.1) is 0 Å². The normalized spacial score (nSPS) is 34.3. The summed E-state index contributed by atoms with van der Waals surface area (Å²) in [6.07, 6.45) is 4.20. The van der Waals surface area contributed by atoms with Crippen LogP contribution in [0.25, 0.3) is 0 Å². The SMILES string of the molecule is c1ccc(CC2C[C@H]3CNC[C@H]3C2)cc1. The van der Waals surface area contributed by atoms with E-state index in [-0.39, 0.29) is 0 Å². The zero-order valence-electron chi connectivity index (χ0n) is 9.15. The fraction of sp³-hybridized carbons (Fsp3) is 0.571. The van der Waals surface area contributed by atoms with E-state index in [0.717, 1.165) is 17.8 Å². The highest BCUT2D eigenvalue weighted by molar-refractivity contribution is 5.15. The van der Waals surface area contributed by atoms with Gasteiger partial charge in [0.15, 0.2) is 0 Å². The molecule has 1 aliphatic heterocycles. The highest BCUT2D eigenvalue weighted by Crippen LogP contribution is 2.39. The van der Waals surface area contributed by atoms with Crippen LogP contribution in [0.1, 0.15) is 18.4 Å². The topological polar surface area (TPSA) is 12.0 Å². The van der Waals surface area contributed by atoms with E-state index in [4.69, 9.17) is 0 Å². The molecule has 1 saturated carbocycles. The van der Waals surface area contributed by atoms with E-state index < -0.39 is 0 Å². The molecule has 1 aromatic rings. The molecular formula is C14H19N. The Morgan fingerprint density at radius 2 is 1.67 bits per heavy atom. The third-order valence-corrected chi connectivity index (χ3v) is 4.12. The summed E-state index contributed by atoms with van der Waals surface area (Å²) in [5, 5.41) is 3.51. The Kier molecular flexibility index (Phi) is 2.49. The molecule has 0 spiro atoms. The van der Waals surface area contributed by atoms with Crippen molar-refractivity contribution >= 4 is 0 Å². The fourth-order valence-corrected chi connectivity index (χ4v) is 3.41. The average molecular weight is 201 g/mol. The number of rotatable bonds is 2. The molecule has 0 bridgehead atoms. The van der Waals surface area contributed by atoms with Gasteiger partial charge in [-0.2, -0.15) is 0 Å². The molecule has 80 valence electrons. The van der Waals surface area contributed by atoms with Gasteiger partial charge in [0, 0.05) is 0 Å². The lowest BCUT2D eigenvalue weighted by molar-refractivity contribution is 0.490. The van der Waals surface area contributed by atoms with Crippen LogP contribution in [0, 0.1) is 17.8 Å². The summed E-state index contributed by atoms with van der Waals surface area (Å²) in [4.78, 5) is 0. The average Bonchev–Trinajstić information content (AvgIpc) is 2.79. The molecule has 1 unspecified atom stereocenters. The molecule has 1 heterocycles. The maximum Gasteiger partial charge on any atom is -0.00172 e. The maximum absolute atomic E-state index is 3.51. The fourth-order valence-electron chi connectivity index (χ4n) is 3.41. The Balaban J connectivity index is 1.62. The van der Waals surface area contributed by atoms with E-state index >= 15 is 0 Å². The molecule has 1 N–H and O–H groups in total. The van der Waals surface area contributed by atoms with Crippen LogP contribution in [0.4, 0.5) is 0 Å². The van der Waals surface area contributed by atoms with E-state index in [2.05, 4.69) is 35.6 Å². The molecule has 0 aromatic heterocycles. The smallest absolute Gasteiger partial charge is 0.00172 e. The number of hydrogen-bond acceptors (Lipinski definition) is 1. The van der Waals surface area contributed by atoms with Crippen LogP contribution in [-0.2, 0) is 6.42 Å². The quantitative estimate of drug-likeness (QED) is 0.775. The van der Waals surface area contributed by atoms with Crippen molar-refractivity contribution in [2.45, 2.75) is 19.3 Å². The predicted molar refractivity (Wildman–Crippen MR) is 62.7 cm³/mol. The first-order valence-electron chi connectivity index (χ1n) is 6.16. The number of fused-ring (bicyclic) bond motifs is 1. The van der Waals surface area contributed by atoms with Crippen molar-refractivity contribution in [1.82, 2.24) is 5.32 Å². The molecule has 3 atom stereocenters. The summed E-state index contributed by atoms with van der Waals surface area (Å²) in [6, 6.07) is 11.0. The summed E-state index contributed by atoms with van der Waals surface area (Å²) >= 11 is 0. The molecule has 1 heteroatoms. The van der Waals surface area contributed by atoms with Crippen molar-refractivity contribution in [2.24, 2.45) is 17.8 Å². The number of benzene rings is 1. The Morgan fingerprint density at radius 1 is 1.00 bits per heavy atom. The van der Waals surface area contributed by atoms with Crippen LogP contribution in [0.2, 0.25) is 0 Å². The van der Waals surface area contributed by atoms with Gasteiger partial charge in [-0.05, 0) is 55.7 Å². The van der Waals surface area contributed by atoms with Gasteiger partial charge < -0.3 is 5.32 Å². The van der Waals surface area contributed by atoms with Gasteiger partial charge in [-0.15, -0.1) is 0 Å². The first-order chi connectivity index (χ1) is 7.42. The zero-order valence-corrected chi connectivity index (χ0v) is 9.15. The van der Waals surface area contributed by atoms with E-state index in [0.29, 0.717) is 0 Å². The highest BCUT2D eigenvalue weighted by atomic mass is 14.9. The first-order valence-corrected chi connectivity index (χ1v) is 6.16. The predicted octanol–water partition coefficient (Wildman–Crippen LogP) is 2.47. The van der Waals surface area contributed by atoms with Crippen LogP contribution in [-0.4, -0.2) is 13.1 Å². The number of nitrogens with one attached hydrogen (secondary N) is 1. The van der Waals surface area contributed by atoms with Gasteiger partial charge in [-0.1, -0.05) is 30.3 Å². The second kappa shape index (κ2) is 3.97. The van der Waals surface area contributed by atoms with Crippen LogP contribution >= 0.6 is 0 Å². The van der Waals surface area contributed by atoms with Crippen LogP contribution in [0.15, 0.2) is 30.3 Å². The summed E-state index contributed by atoms with van der Waals surface area (Å²) in [5.41, 5.74) is 1.52. The van der Waals surface area contributed by atoms with Gasteiger partial charge in [0.2, 0.25) is 0 Å². The molecular weight excluding hydrogens is 182 g/mol. The maximum atomic E-state index is 3.51. The van der Waals surface area contributed by atoms with Crippen molar-refractivity contribution in [3.8, 4) is 0 Å². The molecule has 2 aliphatic rings. The second-order valence-electron chi connectivity index (χ2n) is 5.21. The third kappa shape index (κ3) is 1.93. The van der Waals surface area contributed by atoms with Crippen molar-refractivity contribution < 1.29 is 0 Å². The van der Waals surface area contributed by atoms with Crippen LogP contribution < -0.4 is 5.32 Å². The van der Waals surface area contributed by atoms with E-state index in [1.54, 1.807) is 0 Å². The minimum atomic E-state index is 0.949. The second-order valence-corrected chi connectivity index (χ2v) is 5.21. The van der Waals surface area contributed by atoms with Crippen molar-refractivity contribution in [3.63, 3.8) is 0 Å². The monoisotopic (exact) mass is 201 g/mol. The Morgan fingerprint density at radius 3 is 2.33 bits per heavy atom. The molecule has 0 radical (unpaired) electrons. The third-order valence-electron chi connectivity index (χ3n) is 4.12. The summed E-state index contributed by atoms with van der Waals surface area (Å²) in [6.45, 7) is 2.55. The van der Waals surface area contributed by atoms with Gasteiger partial charge >= 0.3 is 0 Å². The summed E-state index contributed by atoms with van der Waals surface area (Å²) in [7, 11) is 0. The van der Waals surface area contributed by atoms with Crippen molar-refractivity contribution in [2.75, 3.05) is 13.1 Å². The largest absolute Gasteiger partial charge is 0.316 e. The van der Waals surface area contributed by atoms with Crippen molar-refractivity contribution in [3.05, 3.63) is 35.9 Å². The van der Waals surface area contributed by atoms with Gasteiger partial charge in [0.25, 0.3) is 0 Å². The minimum Gasteiger partial charge on any atom is -0.316 e. The molecule has 1 nitrogen and oxygen atoms in total. The lowest BCUT2D eigenvalue weighted by Gasteiger charge is -2.10. The lowest BCUT2D eigenvalue weighted by atomic mass is 9.96. The molecule has 1 aliphatic carbocycles. The molecule has 1 saturated heterocycles. The van der Waals surface area contributed by atoms with Crippen LogP contribution in [0.5, 0.6) is 0 Å². The van der Waals surface area contributed by atoms with E-state index in [1.807, 2.05) is 0 Å². The minimum absolute atomic E-state index is 0.949. The first kappa shape index (κ1) is 9.41. The Labute approximate surface area is 91.9 Å². The standard InChI is InChI=1S/C14H19N/c1-2-4-11(5-3-1)6-12-7-13-9-15-10-14(13)8-12/h1-5,12-15H,6-10H2/t12?,13-,14+. The molecule has 3 rings (SSSR count). The Bertz CT molecular complexity index is 307. The van der Waals surface area contributed by atoms with Gasteiger partial charge in [0.1, 0.15) is 0 Å². The van der Waals surface area contributed by atoms with Gasteiger partial charge in [-0.25, -0.2) is 0 Å². The number of hydrogen-bond donors (Lipinski definition) is 1. The highest BCUT2D eigenvalue weighted by Gasteiger charge is 2.36. The summed E-state index contributed by atoms with van der Waals surface area (Å²) < 4.78 is 0. The lowest BCUT2D eigenvalue weighted by Crippen LogP contribution is -2.12. The molecule has 2 fully saturated rings. The van der Waals surface area contributed by atoms with Crippen LogP contribution in [0.3, 0.4) is 0 Å². The molecule has 0 amide bonds. The Hall–Kier alpha value is -0.820. The zero-order chi connectivity index (χ0) is 10.1. The van der Waals surface area contributed by atoms with E-state index in [1.165, 1.54) is 37.9 Å². The van der Waals surface area contributed by atoms with Crippen molar-refractivity contribution in [1.29, 1.82) is 0 Å². The molecule has 1 aromatic carbocycles.